The van der Waals surface area contributed by atoms with E-state index < -0.39 is 6.09 Å². The van der Waals surface area contributed by atoms with Crippen LogP contribution in [0.4, 0.5) is 10.6 Å². The predicted octanol–water partition coefficient (Wildman–Crippen LogP) is 5.04. The van der Waals surface area contributed by atoms with Gasteiger partial charge in [-0.25, -0.2) is 14.8 Å². The average Bonchev–Trinajstić information content (AvgIpc) is 2.60. The average molecular weight is 378 g/mol. The van der Waals surface area contributed by atoms with E-state index in [2.05, 4.69) is 40.8 Å². The van der Waals surface area contributed by atoms with Crippen molar-refractivity contribution in [3.63, 3.8) is 0 Å². The SMILES string of the molecule is COC(=O)Nc1cc(-c2ccc(OCC(C)CC(C)C)c(Cl)n2)ccn1. The van der Waals surface area contributed by atoms with Crippen molar-refractivity contribution >= 4 is 23.5 Å². The number of amides is 1. The highest BCUT2D eigenvalue weighted by atomic mass is 35.5. The summed E-state index contributed by atoms with van der Waals surface area (Å²) >= 11 is 6.27. The quantitative estimate of drug-likeness (QED) is 0.684. The van der Waals surface area contributed by atoms with Crippen LogP contribution in [-0.2, 0) is 4.74 Å². The first-order valence-corrected chi connectivity index (χ1v) is 8.87. The number of methoxy groups -OCH3 is 1. The fraction of sp³-hybridized carbons (Fsp3) is 0.421. The van der Waals surface area contributed by atoms with Crippen LogP contribution in [0.3, 0.4) is 0 Å². The van der Waals surface area contributed by atoms with Gasteiger partial charge in [0, 0.05) is 11.8 Å². The van der Waals surface area contributed by atoms with E-state index in [1.165, 1.54) is 7.11 Å². The van der Waals surface area contributed by atoms with Crippen LogP contribution < -0.4 is 10.1 Å². The summed E-state index contributed by atoms with van der Waals surface area (Å²) in [6.07, 6.45) is 2.09. The summed E-state index contributed by atoms with van der Waals surface area (Å²) in [6, 6.07) is 7.11. The number of pyridine rings is 2. The number of hydrogen-bond donors (Lipinski definition) is 1. The molecule has 0 aliphatic heterocycles. The molecule has 1 unspecified atom stereocenters. The van der Waals surface area contributed by atoms with E-state index in [0.717, 1.165) is 12.0 Å². The highest BCUT2D eigenvalue weighted by molar-refractivity contribution is 6.31. The molecule has 7 heteroatoms. The van der Waals surface area contributed by atoms with E-state index in [1.54, 1.807) is 24.4 Å². The zero-order valence-electron chi connectivity index (χ0n) is 15.5. The zero-order chi connectivity index (χ0) is 19.1. The first kappa shape index (κ1) is 20.0. The molecule has 140 valence electrons. The minimum Gasteiger partial charge on any atom is -0.490 e. The third-order valence-corrected chi connectivity index (χ3v) is 3.95. The molecule has 1 N–H and O–H groups in total. The van der Waals surface area contributed by atoms with Gasteiger partial charge in [-0.2, -0.15) is 0 Å². The Morgan fingerprint density at radius 3 is 2.69 bits per heavy atom. The number of ether oxygens (including phenoxy) is 2. The maximum Gasteiger partial charge on any atom is 0.412 e. The highest BCUT2D eigenvalue weighted by Gasteiger charge is 2.11. The normalized spacial score (nSPS) is 11.9. The summed E-state index contributed by atoms with van der Waals surface area (Å²) in [7, 11) is 1.29. The number of rotatable bonds is 7. The van der Waals surface area contributed by atoms with Crippen molar-refractivity contribution in [3.8, 4) is 17.0 Å². The Bertz CT molecular complexity index is 753. The minimum atomic E-state index is -0.583. The molecular formula is C19H24ClN3O3. The molecule has 2 aromatic heterocycles. The molecule has 2 heterocycles. The van der Waals surface area contributed by atoms with Crippen molar-refractivity contribution in [2.45, 2.75) is 27.2 Å². The van der Waals surface area contributed by atoms with Crippen LogP contribution in [0.2, 0.25) is 5.15 Å². The van der Waals surface area contributed by atoms with Crippen LogP contribution in [0.1, 0.15) is 27.2 Å². The fourth-order valence-corrected chi connectivity index (χ4v) is 2.82. The van der Waals surface area contributed by atoms with Gasteiger partial charge in [-0.1, -0.05) is 32.4 Å². The highest BCUT2D eigenvalue weighted by Crippen LogP contribution is 2.28. The largest absolute Gasteiger partial charge is 0.490 e. The van der Waals surface area contributed by atoms with Crippen molar-refractivity contribution in [2.24, 2.45) is 11.8 Å². The van der Waals surface area contributed by atoms with Gasteiger partial charge in [0.25, 0.3) is 0 Å². The van der Waals surface area contributed by atoms with Gasteiger partial charge in [-0.3, -0.25) is 5.32 Å². The maximum atomic E-state index is 11.3. The summed E-state index contributed by atoms with van der Waals surface area (Å²) < 4.78 is 10.4. The molecule has 0 fully saturated rings. The zero-order valence-corrected chi connectivity index (χ0v) is 16.2. The standard InChI is InChI=1S/C19H24ClN3O3/c1-12(2)9-13(3)11-26-16-6-5-15(22-18(16)20)14-7-8-21-17(10-14)23-19(24)25-4/h5-8,10,12-13H,9,11H2,1-4H3,(H,21,23,24). The van der Waals surface area contributed by atoms with Crippen LogP contribution in [0.25, 0.3) is 11.3 Å². The minimum absolute atomic E-state index is 0.304. The second-order valence-electron chi connectivity index (χ2n) is 6.58. The fourth-order valence-electron chi connectivity index (χ4n) is 2.61. The van der Waals surface area contributed by atoms with Gasteiger partial charge in [0.05, 0.1) is 19.4 Å². The molecule has 2 rings (SSSR count). The van der Waals surface area contributed by atoms with Crippen LogP contribution >= 0.6 is 11.6 Å². The summed E-state index contributed by atoms with van der Waals surface area (Å²) in [5.74, 6) is 2.00. The van der Waals surface area contributed by atoms with Gasteiger partial charge < -0.3 is 9.47 Å². The van der Waals surface area contributed by atoms with E-state index in [9.17, 15) is 4.79 Å². The van der Waals surface area contributed by atoms with Gasteiger partial charge >= 0.3 is 6.09 Å². The molecule has 26 heavy (non-hydrogen) atoms. The number of halogens is 1. The number of nitrogens with zero attached hydrogens (tertiary/aromatic N) is 2. The first-order chi connectivity index (χ1) is 12.4. The van der Waals surface area contributed by atoms with E-state index in [4.69, 9.17) is 16.3 Å². The molecule has 0 bridgehead atoms. The number of carbonyl (C=O) groups excluding carboxylic acids is 1. The van der Waals surface area contributed by atoms with Crippen LogP contribution in [0.15, 0.2) is 30.5 Å². The van der Waals surface area contributed by atoms with Gasteiger partial charge in [0.2, 0.25) is 0 Å². The second-order valence-corrected chi connectivity index (χ2v) is 6.94. The first-order valence-electron chi connectivity index (χ1n) is 8.49. The molecule has 0 saturated carbocycles. The van der Waals surface area contributed by atoms with E-state index in [-0.39, 0.29) is 0 Å². The Kier molecular flexibility index (Phi) is 7.21. The van der Waals surface area contributed by atoms with Crippen molar-refractivity contribution in [1.29, 1.82) is 0 Å². The lowest BCUT2D eigenvalue weighted by Gasteiger charge is -2.15. The summed E-state index contributed by atoms with van der Waals surface area (Å²) in [5, 5.41) is 2.82. The van der Waals surface area contributed by atoms with Crippen LogP contribution in [0.5, 0.6) is 5.75 Å². The predicted molar refractivity (Wildman–Crippen MR) is 103 cm³/mol. The van der Waals surface area contributed by atoms with Crippen LogP contribution in [0, 0.1) is 11.8 Å². The van der Waals surface area contributed by atoms with Crippen molar-refractivity contribution in [2.75, 3.05) is 19.0 Å². The third-order valence-electron chi connectivity index (χ3n) is 3.68. The lowest BCUT2D eigenvalue weighted by atomic mass is 10.00. The molecule has 0 aromatic carbocycles. The Balaban J connectivity index is 2.09. The molecule has 0 spiro atoms. The van der Waals surface area contributed by atoms with E-state index in [1.807, 2.05) is 6.07 Å². The van der Waals surface area contributed by atoms with E-state index in [0.29, 0.717) is 40.9 Å². The molecule has 0 saturated heterocycles. The van der Waals surface area contributed by atoms with Crippen LogP contribution in [-0.4, -0.2) is 29.8 Å². The number of aromatic nitrogens is 2. The number of carbonyl (C=O) groups is 1. The van der Waals surface area contributed by atoms with Gasteiger partial charge in [0.1, 0.15) is 5.82 Å². The lowest BCUT2D eigenvalue weighted by molar-refractivity contribution is 0.187. The Morgan fingerprint density at radius 1 is 1.27 bits per heavy atom. The Labute approximate surface area is 158 Å². The molecule has 0 radical (unpaired) electrons. The smallest absolute Gasteiger partial charge is 0.412 e. The molecule has 0 aliphatic rings. The summed E-state index contributed by atoms with van der Waals surface area (Å²) in [4.78, 5) is 19.8. The monoisotopic (exact) mass is 377 g/mol. The van der Waals surface area contributed by atoms with Crippen molar-refractivity contribution in [3.05, 3.63) is 35.6 Å². The van der Waals surface area contributed by atoms with Crippen molar-refractivity contribution in [1.82, 2.24) is 9.97 Å². The topological polar surface area (TPSA) is 73.3 Å². The van der Waals surface area contributed by atoms with Gasteiger partial charge in [0.15, 0.2) is 10.9 Å². The molecule has 1 amide bonds. The maximum absolute atomic E-state index is 11.3. The third kappa shape index (κ3) is 5.88. The Morgan fingerprint density at radius 2 is 2.04 bits per heavy atom. The lowest BCUT2D eigenvalue weighted by Crippen LogP contribution is -2.12. The molecular weight excluding hydrogens is 354 g/mol. The molecule has 2 aromatic rings. The Hall–Kier alpha value is -2.34. The van der Waals surface area contributed by atoms with Gasteiger partial charge in [-0.05, 0) is 42.5 Å². The number of nitrogens with one attached hydrogen (secondary N) is 1. The number of anilines is 1. The second kappa shape index (κ2) is 9.38. The number of hydrogen-bond acceptors (Lipinski definition) is 5. The molecule has 1 atom stereocenters. The summed E-state index contributed by atoms with van der Waals surface area (Å²) in [6.45, 7) is 7.14. The molecule has 0 aliphatic carbocycles. The van der Waals surface area contributed by atoms with E-state index >= 15 is 0 Å². The molecule has 6 nitrogen and oxygen atoms in total. The van der Waals surface area contributed by atoms with Crippen molar-refractivity contribution < 1.29 is 14.3 Å². The summed E-state index contributed by atoms with van der Waals surface area (Å²) in [5.41, 5.74) is 1.43. The van der Waals surface area contributed by atoms with Gasteiger partial charge in [-0.15, -0.1) is 0 Å².